The third kappa shape index (κ3) is 4.44. The third-order valence-corrected chi connectivity index (χ3v) is 3.55. The van der Waals surface area contributed by atoms with Gasteiger partial charge in [0.25, 0.3) is 0 Å². The highest BCUT2D eigenvalue weighted by Gasteiger charge is 2.14. The van der Waals surface area contributed by atoms with Crippen molar-refractivity contribution in [3.8, 4) is 0 Å². The molecule has 20 heavy (non-hydrogen) atoms. The topological polar surface area (TPSA) is 45.7 Å². The van der Waals surface area contributed by atoms with Crippen LogP contribution in [0.1, 0.15) is 13.3 Å². The average molecular weight is 298 g/mol. The van der Waals surface area contributed by atoms with Crippen LogP contribution in [0.3, 0.4) is 0 Å². The summed E-state index contributed by atoms with van der Waals surface area (Å²) >= 11 is 5.82. The SMILES string of the molecule is CC(=O)N(CCCN1CCOCC1)c1ccc(Cl)cn1. The van der Waals surface area contributed by atoms with Crippen molar-refractivity contribution in [2.75, 3.05) is 44.3 Å². The normalized spacial score (nSPS) is 16.1. The van der Waals surface area contributed by atoms with Crippen LogP contribution in [0.2, 0.25) is 5.02 Å². The van der Waals surface area contributed by atoms with E-state index in [4.69, 9.17) is 16.3 Å². The van der Waals surface area contributed by atoms with Gasteiger partial charge >= 0.3 is 0 Å². The van der Waals surface area contributed by atoms with Crippen molar-refractivity contribution in [1.82, 2.24) is 9.88 Å². The molecular formula is C14H20ClN3O2. The lowest BCUT2D eigenvalue weighted by Crippen LogP contribution is -2.39. The maximum Gasteiger partial charge on any atom is 0.225 e. The van der Waals surface area contributed by atoms with Gasteiger partial charge in [0.05, 0.1) is 18.2 Å². The molecule has 1 aromatic rings. The first-order chi connectivity index (χ1) is 9.66. The van der Waals surface area contributed by atoms with Gasteiger partial charge in [0, 0.05) is 39.3 Å². The summed E-state index contributed by atoms with van der Waals surface area (Å²) in [6, 6.07) is 3.53. The van der Waals surface area contributed by atoms with Gasteiger partial charge in [-0.2, -0.15) is 0 Å². The molecule has 0 unspecified atom stereocenters. The number of nitrogens with zero attached hydrogens (tertiary/aromatic N) is 3. The molecule has 5 nitrogen and oxygen atoms in total. The Kier molecular flexibility index (Phi) is 5.76. The van der Waals surface area contributed by atoms with Gasteiger partial charge in [0.15, 0.2) is 0 Å². The van der Waals surface area contributed by atoms with Crippen LogP contribution in [-0.4, -0.2) is 55.2 Å². The Morgan fingerprint density at radius 2 is 2.20 bits per heavy atom. The average Bonchev–Trinajstić information content (AvgIpc) is 2.46. The fourth-order valence-corrected chi connectivity index (χ4v) is 2.35. The Hall–Kier alpha value is -1.17. The van der Waals surface area contributed by atoms with Gasteiger partial charge in [-0.05, 0) is 18.6 Å². The van der Waals surface area contributed by atoms with Gasteiger partial charge in [-0.3, -0.25) is 14.6 Å². The number of pyridine rings is 1. The van der Waals surface area contributed by atoms with E-state index in [1.807, 2.05) is 0 Å². The molecule has 0 aromatic carbocycles. The molecule has 0 spiro atoms. The van der Waals surface area contributed by atoms with Crippen LogP contribution in [0, 0.1) is 0 Å². The van der Waals surface area contributed by atoms with E-state index in [2.05, 4.69) is 9.88 Å². The van der Waals surface area contributed by atoms with Crippen molar-refractivity contribution in [2.45, 2.75) is 13.3 Å². The highest BCUT2D eigenvalue weighted by atomic mass is 35.5. The minimum absolute atomic E-state index is 0.00167. The zero-order valence-electron chi connectivity index (χ0n) is 11.7. The molecule has 6 heteroatoms. The highest BCUT2D eigenvalue weighted by molar-refractivity contribution is 6.30. The largest absolute Gasteiger partial charge is 0.379 e. The number of amides is 1. The van der Waals surface area contributed by atoms with E-state index in [0.717, 1.165) is 39.3 Å². The van der Waals surface area contributed by atoms with Crippen molar-refractivity contribution in [2.24, 2.45) is 0 Å². The van der Waals surface area contributed by atoms with Crippen LogP contribution < -0.4 is 4.90 Å². The molecule has 1 saturated heterocycles. The molecule has 0 bridgehead atoms. The molecule has 0 N–H and O–H groups in total. The standard InChI is InChI=1S/C14H20ClN3O2/c1-12(19)18(14-4-3-13(15)11-16-14)6-2-5-17-7-9-20-10-8-17/h3-4,11H,2,5-10H2,1H3. The number of aromatic nitrogens is 1. The highest BCUT2D eigenvalue weighted by Crippen LogP contribution is 2.15. The number of hydrogen-bond acceptors (Lipinski definition) is 4. The van der Waals surface area contributed by atoms with E-state index in [1.54, 1.807) is 30.2 Å². The Balaban J connectivity index is 1.86. The van der Waals surface area contributed by atoms with Crippen molar-refractivity contribution in [3.63, 3.8) is 0 Å². The van der Waals surface area contributed by atoms with Gasteiger partial charge in [0.2, 0.25) is 5.91 Å². The number of ether oxygens (including phenoxy) is 1. The molecular weight excluding hydrogens is 278 g/mol. The molecule has 0 atom stereocenters. The first-order valence-electron chi connectivity index (χ1n) is 6.86. The number of morpholine rings is 1. The molecule has 2 heterocycles. The van der Waals surface area contributed by atoms with E-state index >= 15 is 0 Å². The Morgan fingerprint density at radius 3 is 2.80 bits per heavy atom. The molecule has 0 saturated carbocycles. The number of hydrogen-bond donors (Lipinski definition) is 0. The molecule has 1 aliphatic heterocycles. The predicted octanol–water partition coefficient (Wildman–Crippen LogP) is 1.81. The molecule has 1 aliphatic rings. The van der Waals surface area contributed by atoms with Crippen LogP contribution in [-0.2, 0) is 9.53 Å². The Morgan fingerprint density at radius 1 is 1.45 bits per heavy atom. The van der Waals surface area contributed by atoms with E-state index in [-0.39, 0.29) is 5.91 Å². The fraction of sp³-hybridized carbons (Fsp3) is 0.571. The second-order valence-electron chi connectivity index (χ2n) is 4.81. The molecule has 2 rings (SSSR count). The Labute approximate surface area is 124 Å². The lowest BCUT2D eigenvalue weighted by Gasteiger charge is -2.27. The van der Waals surface area contributed by atoms with E-state index < -0.39 is 0 Å². The number of halogens is 1. The molecule has 110 valence electrons. The second-order valence-corrected chi connectivity index (χ2v) is 5.25. The van der Waals surface area contributed by atoms with E-state index in [0.29, 0.717) is 17.4 Å². The number of rotatable bonds is 5. The summed E-state index contributed by atoms with van der Waals surface area (Å²) in [7, 11) is 0. The van der Waals surface area contributed by atoms with Crippen LogP contribution in [0.5, 0.6) is 0 Å². The maximum atomic E-state index is 11.7. The number of anilines is 1. The summed E-state index contributed by atoms with van der Waals surface area (Å²) in [5, 5.41) is 0.575. The first-order valence-corrected chi connectivity index (χ1v) is 7.24. The van der Waals surface area contributed by atoms with Crippen molar-refractivity contribution < 1.29 is 9.53 Å². The summed E-state index contributed by atoms with van der Waals surface area (Å²) in [5.74, 6) is 0.658. The van der Waals surface area contributed by atoms with Gasteiger partial charge in [-0.25, -0.2) is 4.98 Å². The maximum absolute atomic E-state index is 11.7. The fourth-order valence-electron chi connectivity index (χ4n) is 2.24. The summed E-state index contributed by atoms with van der Waals surface area (Å²) in [5.41, 5.74) is 0. The van der Waals surface area contributed by atoms with Crippen LogP contribution >= 0.6 is 11.6 Å². The number of carbonyl (C=O) groups excluding carboxylic acids is 1. The van der Waals surface area contributed by atoms with Gasteiger partial charge in [0.1, 0.15) is 5.82 Å². The lowest BCUT2D eigenvalue weighted by atomic mass is 10.3. The van der Waals surface area contributed by atoms with Crippen molar-refractivity contribution >= 4 is 23.3 Å². The third-order valence-electron chi connectivity index (χ3n) is 3.33. The zero-order chi connectivity index (χ0) is 14.4. The molecule has 1 aromatic heterocycles. The van der Waals surface area contributed by atoms with Crippen LogP contribution in [0.15, 0.2) is 18.3 Å². The first kappa shape index (κ1) is 15.2. The van der Waals surface area contributed by atoms with Crippen LogP contribution in [0.4, 0.5) is 5.82 Å². The summed E-state index contributed by atoms with van der Waals surface area (Å²) in [6.45, 7) is 6.75. The smallest absolute Gasteiger partial charge is 0.225 e. The predicted molar refractivity (Wildman–Crippen MR) is 79.2 cm³/mol. The van der Waals surface area contributed by atoms with Crippen LogP contribution in [0.25, 0.3) is 0 Å². The quantitative estimate of drug-likeness (QED) is 0.831. The summed E-state index contributed by atoms with van der Waals surface area (Å²) < 4.78 is 5.32. The van der Waals surface area contributed by atoms with E-state index in [9.17, 15) is 4.79 Å². The van der Waals surface area contributed by atoms with Gasteiger partial charge in [-0.15, -0.1) is 0 Å². The molecule has 1 amide bonds. The summed E-state index contributed by atoms with van der Waals surface area (Å²) in [4.78, 5) is 20.0. The lowest BCUT2D eigenvalue weighted by molar-refractivity contribution is -0.116. The monoisotopic (exact) mass is 297 g/mol. The minimum Gasteiger partial charge on any atom is -0.379 e. The number of carbonyl (C=O) groups is 1. The van der Waals surface area contributed by atoms with Crippen molar-refractivity contribution in [1.29, 1.82) is 0 Å². The second kappa shape index (κ2) is 7.57. The molecule has 1 fully saturated rings. The summed E-state index contributed by atoms with van der Waals surface area (Å²) in [6.07, 6.45) is 2.48. The minimum atomic E-state index is 0.00167. The van der Waals surface area contributed by atoms with Crippen molar-refractivity contribution in [3.05, 3.63) is 23.4 Å². The zero-order valence-corrected chi connectivity index (χ0v) is 12.5. The van der Waals surface area contributed by atoms with E-state index in [1.165, 1.54) is 0 Å². The van der Waals surface area contributed by atoms with Gasteiger partial charge in [-0.1, -0.05) is 11.6 Å². The van der Waals surface area contributed by atoms with Gasteiger partial charge < -0.3 is 4.74 Å². The molecule has 0 radical (unpaired) electrons. The Bertz CT molecular complexity index is 433. The molecule has 0 aliphatic carbocycles.